The predicted molar refractivity (Wildman–Crippen MR) is 111 cm³/mol. The summed E-state index contributed by atoms with van der Waals surface area (Å²) < 4.78 is 29.1. The fourth-order valence-electron chi connectivity index (χ4n) is 2.85. The Balaban J connectivity index is 1.45. The maximum atomic E-state index is 12.9. The van der Waals surface area contributed by atoms with Gasteiger partial charge in [-0.3, -0.25) is 0 Å². The number of carbonyl (C=O) groups excluding carboxylic acids is 1. The van der Waals surface area contributed by atoms with Gasteiger partial charge in [0.05, 0.1) is 7.11 Å². The molecular weight excluding hydrogens is 385 g/mol. The van der Waals surface area contributed by atoms with Gasteiger partial charge in [-0.05, 0) is 59.7 Å². The van der Waals surface area contributed by atoms with Gasteiger partial charge in [0, 0.05) is 5.56 Å². The van der Waals surface area contributed by atoms with Gasteiger partial charge in [0.2, 0.25) is 5.90 Å². The first-order valence-corrected chi connectivity index (χ1v) is 9.25. The fraction of sp³-hybridized carbons (Fsp3) is 0.0833. The molecule has 30 heavy (non-hydrogen) atoms. The lowest BCUT2D eigenvalue weighted by molar-refractivity contribution is -0.129. The second-order valence-corrected chi connectivity index (χ2v) is 6.55. The molecule has 0 spiro atoms. The number of aliphatic imine (C=N–C) groups is 1. The minimum Gasteiger partial charge on any atom is -0.497 e. The maximum Gasteiger partial charge on any atom is 0.363 e. The van der Waals surface area contributed by atoms with Crippen LogP contribution in [0.2, 0.25) is 0 Å². The van der Waals surface area contributed by atoms with Gasteiger partial charge in [-0.1, -0.05) is 30.3 Å². The van der Waals surface area contributed by atoms with E-state index >= 15 is 0 Å². The molecule has 6 heteroatoms. The monoisotopic (exact) mass is 403 g/mol. The maximum absolute atomic E-state index is 12.9. The number of hydrogen-bond donors (Lipinski definition) is 0. The minimum absolute atomic E-state index is 0.216. The molecule has 0 atom stereocenters. The lowest BCUT2D eigenvalue weighted by Crippen LogP contribution is -2.05. The molecule has 0 aromatic heterocycles. The molecule has 0 saturated heterocycles. The minimum atomic E-state index is -0.510. The summed E-state index contributed by atoms with van der Waals surface area (Å²) in [6.07, 6.45) is 1.65. The van der Waals surface area contributed by atoms with Gasteiger partial charge < -0.3 is 14.2 Å². The number of cyclic esters (lactones) is 1. The fourth-order valence-corrected chi connectivity index (χ4v) is 2.85. The molecular formula is C24H18FNO4. The smallest absolute Gasteiger partial charge is 0.363 e. The standard InChI is InChI=1S/C24H18FNO4/c1-28-21-4-2-3-18(14-21)23-26-22(24(27)30-23)13-16-7-11-20(12-8-16)29-15-17-5-9-19(25)10-6-17/h2-14H,15H2,1H3/b22-13+. The number of benzene rings is 3. The molecule has 0 aliphatic carbocycles. The van der Waals surface area contributed by atoms with Crippen molar-refractivity contribution >= 4 is 17.9 Å². The molecule has 1 heterocycles. The largest absolute Gasteiger partial charge is 0.497 e. The van der Waals surface area contributed by atoms with Crippen LogP contribution < -0.4 is 9.47 Å². The predicted octanol–water partition coefficient (Wildman–Crippen LogP) is 4.76. The molecule has 1 aliphatic heterocycles. The van der Waals surface area contributed by atoms with Crippen LogP contribution in [0.4, 0.5) is 4.39 Å². The van der Waals surface area contributed by atoms with Crippen molar-refractivity contribution in [2.24, 2.45) is 4.99 Å². The Labute approximate surface area is 173 Å². The van der Waals surface area contributed by atoms with Gasteiger partial charge in [-0.2, -0.15) is 0 Å². The van der Waals surface area contributed by atoms with Crippen LogP contribution in [0, 0.1) is 5.82 Å². The number of ether oxygens (including phenoxy) is 3. The molecule has 5 nitrogen and oxygen atoms in total. The van der Waals surface area contributed by atoms with Crippen molar-refractivity contribution in [3.05, 3.63) is 101 Å². The second kappa shape index (κ2) is 8.61. The molecule has 0 bridgehead atoms. The van der Waals surface area contributed by atoms with Crippen LogP contribution in [-0.4, -0.2) is 19.0 Å². The summed E-state index contributed by atoms with van der Waals surface area (Å²) in [7, 11) is 1.57. The zero-order valence-corrected chi connectivity index (χ0v) is 16.2. The van der Waals surface area contributed by atoms with Gasteiger partial charge in [0.15, 0.2) is 5.70 Å². The van der Waals surface area contributed by atoms with Gasteiger partial charge in [-0.25, -0.2) is 14.2 Å². The third-order valence-corrected chi connectivity index (χ3v) is 4.44. The molecule has 0 amide bonds. The van der Waals surface area contributed by atoms with E-state index in [9.17, 15) is 9.18 Å². The summed E-state index contributed by atoms with van der Waals surface area (Å²) in [4.78, 5) is 16.5. The average molecular weight is 403 g/mol. The van der Waals surface area contributed by atoms with Crippen LogP contribution >= 0.6 is 0 Å². The summed E-state index contributed by atoms with van der Waals surface area (Å²) in [5.41, 5.74) is 2.53. The Kier molecular flexibility index (Phi) is 5.57. The first kappa shape index (κ1) is 19.4. The Hall–Kier alpha value is -3.93. The molecule has 0 N–H and O–H groups in total. The van der Waals surface area contributed by atoms with Gasteiger partial charge in [-0.15, -0.1) is 0 Å². The van der Waals surface area contributed by atoms with Crippen LogP contribution in [-0.2, 0) is 16.1 Å². The summed E-state index contributed by atoms with van der Waals surface area (Å²) in [5, 5.41) is 0. The Morgan fingerprint density at radius 3 is 2.50 bits per heavy atom. The molecule has 150 valence electrons. The molecule has 4 rings (SSSR count). The SMILES string of the molecule is COc1cccc(C2=N/C(=C/c3ccc(OCc4ccc(F)cc4)cc3)C(=O)O2)c1. The summed E-state index contributed by atoms with van der Waals surface area (Å²) in [5.74, 6) is 0.767. The van der Waals surface area contributed by atoms with E-state index in [-0.39, 0.29) is 17.4 Å². The van der Waals surface area contributed by atoms with Crippen molar-refractivity contribution in [1.29, 1.82) is 0 Å². The third kappa shape index (κ3) is 4.55. The Morgan fingerprint density at radius 2 is 1.77 bits per heavy atom. The van der Waals surface area contributed by atoms with Crippen LogP contribution in [0.15, 0.2) is 83.5 Å². The van der Waals surface area contributed by atoms with Crippen molar-refractivity contribution < 1.29 is 23.4 Å². The van der Waals surface area contributed by atoms with Crippen LogP contribution in [0.5, 0.6) is 11.5 Å². The highest BCUT2D eigenvalue weighted by Crippen LogP contribution is 2.22. The molecule has 0 unspecified atom stereocenters. The van der Waals surface area contributed by atoms with Crippen LogP contribution in [0.1, 0.15) is 16.7 Å². The van der Waals surface area contributed by atoms with Gasteiger partial charge in [0.1, 0.15) is 23.9 Å². The number of nitrogens with zero attached hydrogens (tertiary/aromatic N) is 1. The zero-order chi connectivity index (χ0) is 20.9. The lowest BCUT2D eigenvalue weighted by atomic mass is 10.2. The quantitative estimate of drug-likeness (QED) is 0.440. The van der Waals surface area contributed by atoms with E-state index in [1.54, 1.807) is 61.7 Å². The number of carbonyl (C=O) groups is 1. The highest BCUT2D eigenvalue weighted by atomic mass is 19.1. The van der Waals surface area contributed by atoms with Crippen LogP contribution in [0.25, 0.3) is 6.08 Å². The number of hydrogen-bond acceptors (Lipinski definition) is 5. The Morgan fingerprint density at radius 1 is 1.00 bits per heavy atom. The number of halogens is 1. The highest BCUT2D eigenvalue weighted by Gasteiger charge is 2.24. The average Bonchev–Trinajstić information content (AvgIpc) is 3.14. The summed E-state index contributed by atoms with van der Waals surface area (Å²) >= 11 is 0. The third-order valence-electron chi connectivity index (χ3n) is 4.44. The van der Waals surface area contributed by atoms with Crippen molar-refractivity contribution in [2.75, 3.05) is 7.11 Å². The lowest BCUT2D eigenvalue weighted by Gasteiger charge is -2.06. The summed E-state index contributed by atoms with van der Waals surface area (Å²) in [6.45, 7) is 0.335. The van der Waals surface area contributed by atoms with Crippen molar-refractivity contribution in [3.63, 3.8) is 0 Å². The molecule has 0 radical (unpaired) electrons. The first-order chi connectivity index (χ1) is 14.6. The topological polar surface area (TPSA) is 57.1 Å². The van der Waals surface area contributed by atoms with E-state index in [4.69, 9.17) is 14.2 Å². The molecule has 0 saturated carbocycles. The first-order valence-electron chi connectivity index (χ1n) is 9.25. The number of rotatable bonds is 6. The van der Waals surface area contributed by atoms with Gasteiger partial charge in [0.25, 0.3) is 0 Å². The van der Waals surface area contributed by atoms with E-state index in [1.807, 2.05) is 12.1 Å². The van der Waals surface area contributed by atoms with E-state index in [2.05, 4.69) is 4.99 Å². The van der Waals surface area contributed by atoms with Crippen molar-refractivity contribution in [1.82, 2.24) is 0 Å². The molecule has 1 aliphatic rings. The zero-order valence-electron chi connectivity index (χ0n) is 16.2. The normalized spacial score (nSPS) is 14.4. The number of methoxy groups -OCH3 is 1. The van der Waals surface area contributed by atoms with Crippen molar-refractivity contribution in [3.8, 4) is 11.5 Å². The molecule has 3 aromatic carbocycles. The Bertz CT molecular complexity index is 1120. The highest BCUT2D eigenvalue weighted by molar-refractivity contribution is 6.12. The van der Waals surface area contributed by atoms with E-state index in [0.717, 1.165) is 11.1 Å². The number of esters is 1. The molecule has 0 fully saturated rings. The van der Waals surface area contributed by atoms with Gasteiger partial charge >= 0.3 is 5.97 Å². The summed E-state index contributed by atoms with van der Waals surface area (Å²) in [6, 6.07) is 20.5. The van der Waals surface area contributed by atoms with Crippen molar-refractivity contribution in [2.45, 2.75) is 6.61 Å². The van der Waals surface area contributed by atoms with E-state index in [0.29, 0.717) is 23.7 Å². The van der Waals surface area contributed by atoms with Crippen LogP contribution in [0.3, 0.4) is 0 Å². The van der Waals surface area contributed by atoms with E-state index < -0.39 is 5.97 Å². The molecule has 3 aromatic rings. The van der Waals surface area contributed by atoms with E-state index in [1.165, 1.54) is 12.1 Å². The second-order valence-electron chi connectivity index (χ2n) is 6.55.